The Balaban J connectivity index is 1.60. The largest absolute Gasteiger partial charge is 0.513 e. The molecule has 0 aliphatic carbocycles. The summed E-state index contributed by atoms with van der Waals surface area (Å²) in [6.45, 7) is 2.03. The molecule has 0 N–H and O–H groups in total. The van der Waals surface area contributed by atoms with Crippen molar-refractivity contribution in [2.24, 2.45) is 0 Å². The van der Waals surface area contributed by atoms with E-state index in [9.17, 15) is 17.6 Å². The molecule has 0 saturated heterocycles. The van der Waals surface area contributed by atoms with E-state index in [0.717, 1.165) is 34.5 Å². The molecule has 0 saturated carbocycles. The quantitative estimate of drug-likeness (QED) is 0.242. The van der Waals surface area contributed by atoms with Crippen molar-refractivity contribution in [3.05, 3.63) is 102 Å². The summed E-state index contributed by atoms with van der Waals surface area (Å²) in [5.41, 5.74) is 4.15. The molecule has 0 atom stereocenters. The van der Waals surface area contributed by atoms with Gasteiger partial charge in [-0.25, -0.2) is 17.6 Å². The van der Waals surface area contributed by atoms with Crippen LogP contribution in [-0.2, 0) is 21.0 Å². The maximum Gasteiger partial charge on any atom is 0.513 e. The molecule has 1 heterocycles. The highest BCUT2D eigenvalue weighted by molar-refractivity contribution is 7.90. The zero-order valence-electron chi connectivity index (χ0n) is 19.3. The van der Waals surface area contributed by atoms with E-state index < -0.39 is 16.0 Å². The average Bonchev–Trinajstić information content (AvgIpc) is 3.16. The summed E-state index contributed by atoms with van der Waals surface area (Å²) >= 11 is 0. The summed E-state index contributed by atoms with van der Waals surface area (Å²) in [6.07, 6.45) is 0.801. The summed E-state index contributed by atoms with van der Waals surface area (Å²) in [4.78, 5) is 12.2. The summed E-state index contributed by atoms with van der Waals surface area (Å²) in [5.74, 6) is 0.0548. The number of ether oxygens (including phenoxy) is 2. The fourth-order valence-corrected chi connectivity index (χ4v) is 4.41. The van der Waals surface area contributed by atoms with E-state index in [4.69, 9.17) is 9.47 Å². The minimum atomic E-state index is -3.32. The van der Waals surface area contributed by atoms with E-state index in [1.54, 1.807) is 60.7 Å². The van der Waals surface area contributed by atoms with Crippen LogP contribution in [0.1, 0.15) is 11.3 Å². The predicted octanol–water partition coefficient (Wildman–Crippen LogP) is 5.75. The van der Waals surface area contributed by atoms with Crippen molar-refractivity contribution in [2.45, 2.75) is 18.2 Å². The Hall–Kier alpha value is -3.91. The number of aromatic nitrogens is 1. The standard InChI is InChI=1S/C27H24FNO5S/c1-19-21(16-17-33-27(30)34-24-6-4-3-5-7-24)18-26(29(19)23-12-10-22(28)11-13-23)20-8-14-25(15-9-20)35(2,31)32/h3-15,18H,16-17H2,1-2H3. The van der Waals surface area contributed by atoms with Crippen LogP contribution in [0.2, 0.25) is 0 Å². The first kappa shape index (κ1) is 24.2. The van der Waals surface area contributed by atoms with Gasteiger partial charge in [0.1, 0.15) is 11.6 Å². The maximum absolute atomic E-state index is 13.6. The van der Waals surface area contributed by atoms with E-state index >= 15 is 0 Å². The molecule has 6 nitrogen and oxygen atoms in total. The number of rotatable bonds is 7. The lowest BCUT2D eigenvalue weighted by molar-refractivity contribution is 0.100. The van der Waals surface area contributed by atoms with Gasteiger partial charge < -0.3 is 14.0 Å². The van der Waals surface area contributed by atoms with Gasteiger partial charge in [-0.15, -0.1) is 0 Å². The molecule has 4 aromatic rings. The second kappa shape index (κ2) is 10.1. The van der Waals surface area contributed by atoms with Gasteiger partial charge in [-0.2, -0.15) is 0 Å². The summed E-state index contributed by atoms with van der Waals surface area (Å²) < 4.78 is 49.6. The number of carbonyl (C=O) groups excluding carboxylic acids is 1. The Morgan fingerprint density at radius 2 is 1.60 bits per heavy atom. The first-order valence-electron chi connectivity index (χ1n) is 10.9. The van der Waals surface area contributed by atoms with Crippen molar-refractivity contribution < 1.29 is 27.1 Å². The van der Waals surface area contributed by atoms with Gasteiger partial charge in [0, 0.05) is 24.1 Å². The molecule has 180 valence electrons. The predicted molar refractivity (Wildman–Crippen MR) is 131 cm³/mol. The number of halogens is 1. The smallest absolute Gasteiger partial charge is 0.434 e. The molecule has 1 aromatic heterocycles. The molecule has 4 rings (SSSR count). The number of sulfone groups is 1. The number of para-hydroxylation sites is 1. The van der Waals surface area contributed by atoms with Crippen molar-refractivity contribution >= 4 is 16.0 Å². The Morgan fingerprint density at radius 1 is 0.943 bits per heavy atom. The van der Waals surface area contributed by atoms with Crippen LogP contribution in [0.3, 0.4) is 0 Å². The van der Waals surface area contributed by atoms with Crippen LogP contribution in [0, 0.1) is 12.7 Å². The third-order valence-corrected chi connectivity index (χ3v) is 6.68. The van der Waals surface area contributed by atoms with E-state index in [1.165, 1.54) is 12.1 Å². The molecule has 35 heavy (non-hydrogen) atoms. The highest BCUT2D eigenvalue weighted by Gasteiger charge is 2.17. The van der Waals surface area contributed by atoms with Gasteiger partial charge in [0.05, 0.1) is 17.2 Å². The minimum absolute atomic E-state index is 0.104. The zero-order chi connectivity index (χ0) is 25.0. The summed E-state index contributed by atoms with van der Waals surface area (Å²) in [5, 5.41) is 0. The van der Waals surface area contributed by atoms with Crippen LogP contribution in [-0.4, -0.2) is 32.0 Å². The lowest BCUT2D eigenvalue weighted by Gasteiger charge is -2.13. The van der Waals surface area contributed by atoms with E-state index in [-0.39, 0.29) is 17.3 Å². The van der Waals surface area contributed by atoms with Crippen LogP contribution in [0.5, 0.6) is 5.75 Å². The molecule has 0 bridgehead atoms. The third-order valence-electron chi connectivity index (χ3n) is 5.55. The number of hydrogen-bond acceptors (Lipinski definition) is 5. The van der Waals surface area contributed by atoms with Crippen molar-refractivity contribution in [1.82, 2.24) is 4.57 Å². The second-order valence-corrected chi connectivity index (χ2v) is 10.0. The Morgan fingerprint density at radius 3 is 2.23 bits per heavy atom. The van der Waals surface area contributed by atoms with Crippen molar-refractivity contribution in [3.63, 3.8) is 0 Å². The van der Waals surface area contributed by atoms with Gasteiger partial charge in [0.2, 0.25) is 0 Å². The lowest BCUT2D eigenvalue weighted by Crippen LogP contribution is -2.12. The molecule has 0 fully saturated rings. The SMILES string of the molecule is Cc1c(CCOC(=O)Oc2ccccc2)cc(-c2ccc(S(C)(=O)=O)cc2)n1-c1ccc(F)cc1. The normalized spacial score (nSPS) is 11.3. The van der Waals surface area contributed by atoms with Gasteiger partial charge in [-0.1, -0.05) is 30.3 Å². The topological polar surface area (TPSA) is 74.6 Å². The van der Waals surface area contributed by atoms with Gasteiger partial charge in [0.25, 0.3) is 0 Å². The lowest BCUT2D eigenvalue weighted by atomic mass is 10.1. The number of nitrogens with zero attached hydrogens (tertiary/aromatic N) is 1. The monoisotopic (exact) mass is 493 g/mol. The van der Waals surface area contributed by atoms with E-state index in [1.807, 2.05) is 23.6 Å². The molecule has 0 aliphatic heterocycles. The van der Waals surface area contributed by atoms with Gasteiger partial charge in [-0.3, -0.25) is 0 Å². The first-order chi connectivity index (χ1) is 16.7. The average molecular weight is 494 g/mol. The highest BCUT2D eigenvalue weighted by Crippen LogP contribution is 2.31. The second-order valence-electron chi connectivity index (χ2n) is 8.01. The van der Waals surface area contributed by atoms with Gasteiger partial charge in [0.15, 0.2) is 9.84 Å². The minimum Gasteiger partial charge on any atom is -0.434 e. The molecule has 0 aliphatic rings. The molecule has 0 unspecified atom stereocenters. The zero-order valence-corrected chi connectivity index (χ0v) is 20.1. The van der Waals surface area contributed by atoms with Crippen molar-refractivity contribution in [2.75, 3.05) is 12.9 Å². The fourth-order valence-electron chi connectivity index (χ4n) is 3.78. The van der Waals surface area contributed by atoms with E-state index in [2.05, 4.69) is 0 Å². The molecule has 8 heteroatoms. The van der Waals surface area contributed by atoms with Crippen molar-refractivity contribution in [3.8, 4) is 22.7 Å². The van der Waals surface area contributed by atoms with Crippen LogP contribution >= 0.6 is 0 Å². The molecule has 0 radical (unpaired) electrons. The van der Waals surface area contributed by atoms with E-state index in [0.29, 0.717) is 12.2 Å². The molecular formula is C27H24FNO5S. The van der Waals surface area contributed by atoms with Gasteiger partial charge >= 0.3 is 6.16 Å². The van der Waals surface area contributed by atoms with Gasteiger partial charge in [-0.05, 0) is 72.6 Å². The van der Waals surface area contributed by atoms with Crippen LogP contribution in [0.15, 0.2) is 89.8 Å². The first-order valence-corrected chi connectivity index (χ1v) is 12.8. The van der Waals surface area contributed by atoms with Crippen LogP contribution in [0.4, 0.5) is 9.18 Å². The Bertz CT molecular complexity index is 1430. The third kappa shape index (κ3) is 5.78. The fraction of sp³-hybridized carbons (Fsp3) is 0.148. The molecular weight excluding hydrogens is 469 g/mol. The Kier molecular flexibility index (Phi) is 7.02. The molecule has 0 amide bonds. The van der Waals surface area contributed by atoms with Crippen LogP contribution < -0.4 is 4.74 Å². The highest BCUT2D eigenvalue weighted by atomic mass is 32.2. The number of hydrogen-bond donors (Lipinski definition) is 0. The van der Waals surface area contributed by atoms with Crippen molar-refractivity contribution in [1.29, 1.82) is 0 Å². The number of benzene rings is 3. The number of carbonyl (C=O) groups is 1. The Labute approximate surface area is 203 Å². The maximum atomic E-state index is 13.6. The molecule has 0 spiro atoms. The molecule has 3 aromatic carbocycles. The van der Waals surface area contributed by atoms with Crippen LogP contribution in [0.25, 0.3) is 16.9 Å². The summed E-state index contributed by atoms with van der Waals surface area (Å²) in [7, 11) is -3.32. The summed E-state index contributed by atoms with van der Waals surface area (Å²) in [6, 6.07) is 23.3.